The van der Waals surface area contributed by atoms with Crippen LogP contribution in [0.3, 0.4) is 0 Å². The number of carboxylic acid groups (broad SMARTS) is 1. The maximum Gasteiger partial charge on any atom is 0.319 e. The van der Waals surface area contributed by atoms with E-state index in [2.05, 4.69) is 13.8 Å². The van der Waals surface area contributed by atoms with Crippen LogP contribution in [0.2, 0.25) is 0 Å². The van der Waals surface area contributed by atoms with Gasteiger partial charge in [-0.1, -0.05) is 20.8 Å². The first-order chi connectivity index (χ1) is 5.46. The second-order valence-electron chi connectivity index (χ2n) is 3.23. The smallest absolute Gasteiger partial charge is 0.319 e. The lowest BCUT2D eigenvalue weighted by Crippen LogP contribution is -2.32. The molecule has 72 valence electrons. The van der Waals surface area contributed by atoms with Gasteiger partial charge in [0.25, 0.3) is 0 Å². The van der Waals surface area contributed by atoms with E-state index in [1.807, 2.05) is 6.92 Å². The molecule has 0 rings (SSSR count). The quantitative estimate of drug-likeness (QED) is 0.724. The number of hydrogen-bond acceptors (Lipinski definition) is 2. The van der Waals surface area contributed by atoms with E-state index in [9.17, 15) is 4.79 Å². The molecule has 0 spiro atoms. The van der Waals surface area contributed by atoms with E-state index < -0.39 is 10.7 Å². The zero-order valence-electron chi connectivity index (χ0n) is 8.26. The van der Waals surface area contributed by atoms with Crippen molar-refractivity contribution in [1.29, 1.82) is 0 Å². The Kier molecular flexibility index (Phi) is 4.68. The molecule has 12 heavy (non-hydrogen) atoms. The summed E-state index contributed by atoms with van der Waals surface area (Å²) >= 11 is 1.56. The van der Waals surface area contributed by atoms with E-state index in [0.717, 1.165) is 6.42 Å². The third-order valence-electron chi connectivity index (χ3n) is 2.16. The fourth-order valence-electron chi connectivity index (χ4n) is 0.812. The highest BCUT2D eigenvalue weighted by molar-refractivity contribution is 8.01. The van der Waals surface area contributed by atoms with Gasteiger partial charge in [-0.05, 0) is 19.8 Å². The molecule has 0 bridgehead atoms. The summed E-state index contributed by atoms with van der Waals surface area (Å²) in [4.78, 5) is 10.9. The molecule has 0 saturated heterocycles. The van der Waals surface area contributed by atoms with Crippen molar-refractivity contribution in [2.45, 2.75) is 50.5 Å². The van der Waals surface area contributed by atoms with Gasteiger partial charge in [0.15, 0.2) is 0 Å². The third-order valence-corrected chi connectivity index (χ3v) is 3.88. The molecule has 0 aromatic rings. The molecule has 0 aliphatic carbocycles. The molecular formula is C9H18O2S. The minimum atomic E-state index is -0.699. The SMILES string of the molecule is CCC(C)SC(C)(CC)C(=O)O. The van der Waals surface area contributed by atoms with Crippen LogP contribution in [-0.4, -0.2) is 21.1 Å². The summed E-state index contributed by atoms with van der Waals surface area (Å²) in [7, 11) is 0. The zero-order chi connectivity index (χ0) is 9.78. The number of carbonyl (C=O) groups is 1. The number of aliphatic carboxylic acids is 1. The molecule has 0 heterocycles. The molecule has 0 aromatic heterocycles. The Morgan fingerprint density at radius 2 is 2.08 bits per heavy atom. The fourth-order valence-corrected chi connectivity index (χ4v) is 2.13. The Morgan fingerprint density at radius 3 is 2.33 bits per heavy atom. The molecule has 2 nitrogen and oxygen atoms in total. The molecule has 1 N–H and O–H groups in total. The van der Waals surface area contributed by atoms with Crippen molar-refractivity contribution in [3.8, 4) is 0 Å². The summed E-state index contributed by atoms with van der Waals surface area (Å²) in [5.41, 5.74) is 0. The van der Waals surface area contributed by atoms with E-state index in [4.69, 9.17) is 5.11 Å². The van der Waals surface area contributed by atoms with Crippen molar-refractivity contribution in [2.75, 3.05) is 0 Å². The van der Waals surface area contributed by atoms with Gasteiger partial charge in [0.1, 0.15) is 4.75 Å². The number of rotatable bonds is 5. The number of carboxylic acids is 1. The molecule has 3 heteroatoms. The van der Waals surface area contributed by atoms with Gasteiger partial charge in [-0.25, -0.2) is 0 Å². The lowest BCUT2D eigenvalue weighted by atomic mass is 10.1. The molecule has 2 unspecified atom stereocenters. The lowest BCUT2D eigenvalue weighted by molar-refractivity contribution is -0.139. The molecule has 0 fully saturated rings. The van der Waals surface area contributed by atoms with Crippen LogP contribution in [0.4, 0.5) is 0 Å². The highest BCUT2D eigenvalue weighted by atomic mass is 32.2. The standard InChI is InChI=1S/C9H18O2S/c1-5-7(3)12-9(4,6-2)8(10)11/h7H,5-6H2,1-4H3,(H,10,11). The highest BCUT2D eigenvalue weighted by Gasteiger charge is 2.32. The van der Waals surface area contributed by atoms with E-state index in [1.54, 1.807) is 18.7 Å². The zero-order valence-corrected chi connectivity index (χ0v) is 9.07. The maximum atomic E-state index is 10.9. The highest BCUT2D eigenvalue weighted by Crippen LogP contribution is 2.33. The Morgan fingerprint density at radius 1 is 1.58 bits per heavy atom. The van der Waals surface area contributed by atoms with Gasteiger partial charge in [-0.2, -0.15) is 0 Å². The normalized spacial score (nSPS) is 18.3. The van der Waals surface area contributed by atoms with Crippen LogP contribution < -0.4 is 0 Å². The number of thioether (sulfide) groups is 1. The van der Waals surface area contributed by atoms with Crippen LogP contribution in [0.25, 0.3) is 0 Å². The van der Waals surface area contributed by atoms with Crippen molar-refractivity contribution in [2.24, 2.45) is 0 Å². The monoisotopic (exact) mass is 190 g/mol. The molecule has 0 aliphatic heterocycles. The second-order valence-corrected chi connectivity index (χ2v) is 5.17. The molecule has 0 aromatic carbocycles. The van der Waals surface area contributed by atoms with Gasteiger partial charge in [0.05, 0.1) is 0 Å². The van der Waals surface area contributed by atoms with Gasteiger partial charge >= 0.3 is 5.97 Å². The van der Waals surface area contributed by atoms with E-state index in [-0.39, 0.29) is 0 Å². The van der Waals surface area contributed by atoms with Gasteiger partial charge in [-0.15, -0.1) is 11.8 Å². The van der Waals surface area contributed by atoms with E-state index in [1.165, 1.54) is 0 Å². The third kappa shape index (κ3) is 3.05. The molecule has 0 amide bonds. The largest absolute Gasteiger partial charge is 0.480 e. The van der Waals surface area contributed by atoms with Gasteiger partial charge in [0.2, 0.25) is 0 Å². The van der Waals surface area contributed by atoms with Crippen molar-refractivity contribution in [1.82, 2.24) is 0 Å². The van der Waals surface area contributed by atoms with Crippen LogP contribution in [0, 0.1) is 0 Å². The van der Waals surface area contributed by atoms with E-state index in [0.29, 0.717) is 11.7 Å². The summed E-state index contributed by atoms with van der Waals surface area (Å²) in [6.45, 7) is 7.87. The molecule has 2 atom stereocenters. The first-order valence-electron chi connectivity index (χ1n) is 4.37. The fraction of sp³-hybridized carbons (Fsp3) is 0.889. The van der Waals surface area contributed by atoms with Crippen molar-refractivity contribution >= 4 is 17.7 Å². The summed E-state index contributed by atoms with van der Waals surface area (Å²) in [5.74, 6) is -0.699. The first-order valence-corrected chi connectivity index (χ1v) is 5.25. The van der Waals surface area contributed by atoms with Crippen LogP contribution >= 0.6 is 11.8 Å². The van der Waals surface area contributed by atoms with Gasteiger partial charge in [0, 0.05) is 5.25 Å². The van der Waals surface area contributed by atoms with Crippen LogP contribution in [-0.2, 0) is 4.79 Å². The Bertz CT molecular complexity index is 159. The Balaban J connectivity index is 4.23. The Hall–Kier alpha value is -0.180. The number of hydrogen-bond donors (Lipinski definition) is 1. The molecule has 0 aliphatic rings. The second kappa shape index (κ2) is 4.75. The Labute approximate surface area is 78.7 Å². The van der Waals surface area contributed by atoms with Crippen LogP contribution in [0.5, 0.6) is 0 Å². The van der Waals surface area contributed by atoms with Gasteiger partial charge < -0.3 is 5.11 Å². The summed E-state index contributed by atoms with van der Waals surface area (Å²) in [5, 5.41) is 9.38. The van der Waals surface area contributed by atoms with Crippen LogP contribution in [0.15, 0.2) is 0 Å². The topological polar surface area (TPSA) is 37.3 Å². The average molecular weight is 190 g/mol. The van der Waals surface area contributed by atoms with Crippen LogP contribution in [0.1, 0.15) is 40.5 Å². The predicted octanol–water partition coefficient (Wildman–Crippen LogP) is 2.77. The minimum absolute atomic E-state index is 0.422. The molecule has 0 radical (unpaired) electrons. The first kappa shape index (κ1) is 11.8. The average Bonchev–Trinajstić information content (AvgIpc) is 2.03. The van der Waals surface area contributed by atoms with E-state index >= 15 is 0 Å². The van der Waals surface area contributed by atoms with Gasteiger partial charge in [-0.3, -0.25) is 4.79 Å². The summed E-state index contributed by atoms with van der Waals surface area (Å²) in [6, 6.07) is 0. The van der Waals surface area contributed by atoms with Crippen molar-refractivity contribution in [3.63, 3.8) is 0 Å². The molecule has 0 saturated carbocycles. The van der Waals surface area contributed by atoms with Crippen molar-refractivity contribution in [3.05, 3.63) is 0 Å². The lowest BCUT2D eigenvalue weighted by Gasteiger charge is -2.25. The van der Waals surface area contributed by atoms with Crippen molar-refractivity contribution < 1.29 is 9.90 Å². The predicted molar refractivity (Wildman–Crippen MR) is 53.7 cm³/mol. The summed E-state index contributed by atoms with van der Waals surface area (Å²) < 4.78 is -0.602. The maximum absolute atomic E-state index is 10.9. The molecular weight excluding hydrogens is 172 g/mol. The minimum Gasteiger partial charge on any atom is -0.480 e. The summed E-state index contributed by atoms with van der Waals surface area (Å²) in [6.07, 6.45) is 1.70.